The van der Waals surface area contributed by atoms with Crippen molar-refractivity contribution in [2.45, 2.75) is 13.3 Å². The van der Waals surface area contributed by atoms with Crippen LogP contribution in [0.4, 0.5) is 0 Å². The van der Waals surface area contributed by atoms with Gasteiger partial charge in [-0.25, -0.2) is 9.97 Å². The third-order valence-corrected chi connectivity index (χ3v) is 1.67. The zero-order valence-electron chi connectivity index (χ0n) is 6.87. The Balaban J connectivity index is 0.000000424. The molecule has 0 aliphatic heterocycles. The first-order valence-corrected chi connectivity index (χ1v) is 4.16. The maximum atomic E-state index is 8.36. The highest BCUT2D eigenvalue weighted by molar-refractivity contribution is 6.32. The summed E-state index contributed by atoms with van der Waals surface area (Å²) in [4.78, 5) is 15.9. The lowest BCUT2D eigenvalue weighted by Crippen LogP contribution is -1.89. The SMILES string of the molecule is CCc1cnc(Cl)nc1Cl.O=CO. The van der Waals surface area contributed by atoms with Gasteiger partial charge in [-0.3, -0.25) is 4.79 Å². The topological polar surface area (TPSA) is 63.1 Å². The summed E-state index contributed by atoms with van der Waals surface area (Å²) in [5, 5.41) is 7.53. The van der Waals surface area contributed by atoms with E-state index in [0.29, 0.717) is 5.15 Å². The van der Waals surface area contributed by atoms with Gasteiger partial charge in [0.15, 0.2) is 0 Å². The monoisotopic (exact) mass is 222 g/mol. The number of carboxylic acid groups (broad SMARTS) is 1. The summed E-state index contributed by atoms with van der Waals surface area (Å²) < 4.78 is 0. The Bertz CT molecular complexity index is 281. The number of aryl methyl sites for hydroxylation is 1. The summed E-state index contributed by atoms with van der Waals surface area (Å²) >= 11 is 11.2. The number of aromatic nitrogens is 2. The van der Waals surface area contributed by atoms with Crippen LogP contribution in [0.25, 0.3) is 0 Å². The van der Waals surface area contributed by atoms with E-state index in [1.165, 1.54) is 0 Å². The summed E-state index contributed by atoms with van der Waals surface area (Å²) in [6.07, 6.45) is 2.47. The Morgan fingerprint density at radius 3 is 2.54 bits per heavy atom. The van der Waals surface area contributed by atoms with Gasteiger partial charge in [0.05, 0.1) is 0 Å². The van der Waals surface area contributed by atoms with Crippen molar-refractivity contribution < 1.29 is 9.90 Å². The first kappa shape index (κ1) is 12.1. The Labute approximate surface area is 85.5 Å². The molecule has 6 heteroatoms. The van der Waals surface area contributed by atoms with Crippen LogP contribution in [0.3, 0.4) is 0 Å². The molecule has 0 saturated carbocycles. The van der Waals surface area contributed by atoms with Crippen LogP contribution in [0.1, 0.15) is 12.5 Å². The Morgan fingerprint density at radius 2 is 2.15 bits per heavy atom. The number of hydrogen-bond donors (Lipinski definition) is 1. The van der Waals surface area contributed by atoms with E-state index >= 15 is 0 Å². The third-order valence-electron chi connectivity index (χ3n) is 1.16. The van der Waals surface area contributed by atoms with E-state index in [2.05, 4.69) is 9.97 Å². The fraction of sp³-hybridized carbons (Fsp3) is 0.286. The van der Waals surface area contributed by atoms with Crippen LogP contribution in [-0.2, 0) is 11.2 Å². The van der Waals surface area contributed by atoms with Gasteiger partial charge < -0.3 is 5.11 Å². The molecule has 0 radical (unpaired) electrons. The fourth-order valence-electron chi connectivity index (χ4n) is 0.603. The molecule has 0 saturated heterocycles. The lowest BCUT2D eigenvalue weighted by molar-refractivity contribution is -0.122. The Kier molecular flexibility index (Phi) is 6.18. The molecule has 1 aromatic heterocycles. The van der Waals surface area contributed by atoms with Crippen molar-refractivity contribution in [3.8, 4) is 0 Å². The Morgan fingerprint density at radius 1 is 1.62 bits per heavy atom. The number of hydrogen-bond acceptors (Lipinski definition) is 3. The first-order valence-electron chi connectivity index (χ1n) is 3.40. The quantitative estimate of drug-likeness (QED) is 0.449. The first-order chi connectivity index (χ1) is 6.15. The minimum absolute atomic E-state index is 0.196. The maximum Gasteiger partial charge on any atom is 0.290 e. The highest BCUT2D eigenvalue weighted by atomic mass is 35.5. The van der Waals surface area contributed by atoms with Crippen LogP contribution in [0.2, 0.25) is 10.4 Å². The largest absolute Gasteiger partial charge is 0.483 e. The van der Waals surface area contributed by atoms with Gasteiger partial charge in [0.25, 0.3) is 6.47 Å². The van der Waals surface area contributed by atoms with Crippen LogP contribution in [-0.4, -0.2) is 21.5 Å². The standard InChI is InChI=1S/C6H6Cl2N2.CH2O2/c1-2-4-3-9-6(8)10-5(4)7;2-1-3/h3H,2H2,1H3;1H,(H,2,3). The van der Waals surface area contributed by atoms with Crippen LogP contribution in [0, 0.1) is 0 Å². The van der Waals surface area contributed by atoms with E-state index in [1.807, 2.05) is 6.92 Å². The maximum absolute atomic E-state index is 8.36. The molecule has 0 fully saturated rings. The van der Waals surface area contributed by atoms with Gasteiger partial charge in [-0.2, -0.15) is 0 Å². The van der Waals surface area contributed by atoms with Crippen LogP contribution >= 0.6 is 23.2 Å². The summed E-state index contributed by atoms with van der Waals surface area (Å²) in [6, 6.07) is 0. The van der Waals surface area contributed by atoms with E-state index in [-0.39, 0.29) is 11.8 Å². The van der Waals surface area contributed by atoms with E-state index in [0.717, 1.165) is 12.0 Å². The summed E-state index contributed by atoms with van der Waals surface area (Å²) in [6.45, 7) is 1.73. The van der Waals surface area contributed by atoms with Crippen molar-refractivity contribution in [3.05, 3.63) is 22.2 Å². The van der Waals surface area contributed by atoms with E-state index in [9.17, 15) is 0 Å². The highest BCUT2D eigenvalue weighted by Crippen LogP contribution is 2.13. The molecule has 1 N–H and O–H groups in total. The van der Waals surface area contributed by atoms with E-state index < -0.39 is 0 Å². The molecule has 0 amide bonds. The molecule has 1 rings (SSSR count). The summed E-state index contributed by atoms with van der Waals surface area (Å²) in [5.74, 6) is 0. The normalized spacial score (nSPS) is 8.54. The van der Waals surface area contributed by atoms with Crippen LogP contribution < -0.4 is 0 Å². The molecule has 72 valence electrons. The fourth-order valence-corrected chi connectivity index (χ4v) is 1.04. The summed E-state index contributed by atoms with van der Waals surface area (Å²) in [5.41, 5.74) is 0.922. The van der Waals surface area contributed by atoms with E-state index in [4.69, 9.17) is 33.1 Å². The van der Waals surface area contributed by atoms with E-state index in [1.54, 1.807) is 6.20 Å². The van der Waals surface area contributed by atoms with Gasteiger partial charge in [-0.05, 0) is 18.0 Å². The number of nitrogens with zero attached hydrogens (tertiary/aromatic N) is 2. The second-order valence-corrected chi connectivity index (χ2v) is 2.61. The predicted octanol–water partition coefficient (Wildman–Crippen LogP) is 2.05. The molecule has 0 aromatic carbocycles. The number of carbonyl (C=O) groups is 1. The average molecular weight is 223 g/mol. The molecular formula is C7H8Cl2N2O2. The molecule has 0 aliphatic rings. The number of halogens is 2. The number of rotatable bonds is 1. The molecule has 13 heavy (non-hydrogen) atoms. The van der Waals surface area contributed by atoms with Crippen LogP contribution in [0.5, 0.6) is 0 Å². The van der Waals surface area contributed by atoms with Crippen molar-refractivity contribution >= 4 is 29.7 Å². The minimum Gasteiger partial charge on any atom is -0.483 e. The van der Waals surface area contributed by atoms with Crippen molar-refractivity contribution in [2.24, 2.45) is 0 Å². The van der Waals surface area contributed by atoms with Gasteiger partial charge in [0.2, 0.25) is 5.28 Å². The van der Waals surface area contributed by atoms with Crippen LogP contribution in [0.15, 0.2) is 6.20 Å². The third kappa shape index (κ3) is 4.65. The lowest BCUT2D eigenvalue weighted by atomic mass is 10.3. The zero-order valence-corrected chi connectivity index (χ0v) is 8.38. The molecule has 1 heterocycles. The molecule has 0 bridgehead atoms. The zero-order chi connectivity index (χ0) is 10.3. The molecule has 0 spiro atoms. The predicted molar refractivity (Wildman–Crippen MR) is 50.1 cm³/mol. The van der Waals surface area contributed by atoms with Crippen molar-refractivity contribution in [1.29, 1.82) is 0 Å². The molecule has 0 aliphatic carbocycles. The van der Waals surface area contributed by atoms with Gasteiger partial charge >= 0.3 is 0 Å². The molecule has 4 nitrogen and oxygen atoms in total. The molecular weight excluding hydrogens is 215 g/mol. The second kappa shape index (κ2) is 6.62. The molecule has 1 aromatic rings. The van der Waals surface area contributed by atoms with Crippen molar-refractivity contribution in [2.75, 3.05) is 0 Å². The minimum atomic E-state index is -0.250. The highest BCUT2D eigenvalue weighted by Gasteiger charge is 1.99. The second-order valence-electron chi connectivity index (χ2n) is 1.91. The Hall–Kier alpha value is -0.870. The van der Waals surface area contributed by atoms with Crippen molar-refractivity contribution in [1.82, 2.24) is 9.97 Å². The molecule has 0 atom stereocenters. The average Bonchev–Trinajstić information content (AvgIpc) is 2.06. The molecule has 0 unspecified atom stereocenters. The lowest BCUT2D eigenvalue weighted by Gasteiger charge is -1.96. The van der Waals surface area contributed by atoms with Gasteiger partial charge in [-0.1, -0.05) is 18.5 Å². The summed E-state index contributed by atoms with van der Waals surface area (Å²) in [7, 11) is 0. The smallest absolute Gasteiger partial charge is 0.290 e. The van der Waals surface area contributed by atoms with Gasteiger partial charge in [0, 0.05) is 11.8 Å². The van der Waals surface area contributed by atoms with Crippen molar-refractivity contribution in [3.63, 3.8) is 0 Å². The van der Waals surface area contributed by atoms with Gasteiger partial charge in [0.1, 0.15) is 5.15 Å². The van der Waals surface area contributed by atoms with Gasteiger partial charge in [-0.15, -0.1) is 0 Å².